The molecule has 7 nitrogen and oxygen atoms in total. The van der Waals surface area contributed by atoms with Crippen molar-refractivity contribution in [1.82, 2.24) is 15.5 Å². The number of alkyl carbamates (subject to hydrolysis) is 1. The highest BCUT2D eigenvalue weighted by molar-refractivity contribution is 5.93. The molecule has 7 heteroatoms. The summed E-state index contributed by atoms with van der Waals surface area (Å²) in [7, 11) is 0. The van der Waals surface area contributed by atoms with Crippen molar-refractivity contribution < 1.29 is 19.1 Å². The molecule has 0 aliphatic heterocycles. The van der Waals surface area contributed by atoms with Crippen molar-refractivity contribution >= 4 is 17.9 Å². The molecule has 0 saturated heterocycles. The zero-order chi connectivity index (χ0) is 26.8. The molecular formula is C28H43N3O4. The van der Waals surface area contributed by atoms with Crippen LogP contribution in [0.15, 0.2) is 18.2 Å². The number of hydrogen-bond donors (Lipinski definition) is 2. The summed E-state index contributed by atoms with van der Waals surface area (Å²) in [5.41, 5.74) is 1.82. The molecule has 1 rings (SSSR count). The number of hydrogen-bond acceptors (Lipinski definition) is 4. The van der Waals surface area contributed by atoms with E-state index in [0.717, 1.165) is 35.3 Å². The number of carbonyl (C=O) groups is 3. The highest BCUT2D eigenvalue weighted by atomic mass is 16.6. The maximum atomic E-state index is 13.7. The standard InChI is InChI=1S/C28H43N3O4/c1-10-12-13-14-29-25(32)24(22-17-20(5)16-21(6)18-22)31(11-2)26(33)23(15-19(3)4)30-27(34)35-28(7,8)9/h2,16-19,23-24H,10,12-15H2,1,3-9H3,(H,29,32)(H,30,34). The Labute approximate surface area is 211 Å². The minimum atomic E-state index is -1.03. The van der Waals surface area contributed by atoms with Crippen LogP contribution < -0.4 is 10.6 Å². The lowest BCUT2D eigenvalue weighted by Gasteiger charge is -2.31. The molecule has 194 valence electrons. The Morgan fingerprint density at radius 3 is 2.17 bits per heavy atom. The minimum Gasteiger partial charge on any atom is -0.444 e. The zero-order valence-electron chi connectivity index (χ0n) is 22.7. The fourth-order valence-electron chi connectivity index (χ4n) is 3.84. The summed E-state index contributed by atoms with van der Waals surface area (Å²) in [4.78, 5) is 40.7. The van der Waals surface area contributed by atoms with Gasteiger partial charge < -0.3 is 15.4 Å². The van der Waals surface area contributed by atoms with Crippen molar-refractivity contribution in [2.45, 2.75) is 98.8 Å². The van der Waals surface area contributed by atoms with Crippen molar-refractivity contribution in [3.05, 3.63) is 34.9 Å². The number of nitrogens with zero attached hydrogens (tertiary/aromatic N) is 1. The van der Waals surface area contributed by atoms with Gasteiger partial charge in [0.1, 0.15) is 17.7 Å². The van der Waals surface area contributed by atoms with Gasteiger partial charge in [0.2, 0.25) is 5.91 Å². The van der Waals surface area contributed by atoms with Crippen LogP contribution in [0.5, 0.6) is 0 Å². The SMILES string of the molecule is C#CN(C(=O)C(CC(C)C)NC(=O)OC(C)(C)C)C(C(=O)NCCCCC)c1cc(C)cc(C)c1. The molecule has 0 fully saturated rings. The van der Waals surface area contributed by atoms with Crippen LogP contribution in [-0.2, 0) is 14.3 Å². The van der Waals surface area contributed by atoms with Crippen molar-refractivity contribution in [1.29, 1.82) is 0 Å². The Balaban J connectivity index is 3.36. The Morgan fingerprint density at radius 2 is 1.69 bits per heavy atom. The van der Waals surface area contributed by atoms with Gasteiger partial charge in [0, 0.05) is 12.6 Å². The molecule has 0 radical (unpaired) electrons. The summed E-state index contributed by atoms with van der Waals surface area (Å²) in [5.74, 6) is -0.793. The lowest BCUT2D eigenvalue weighted by molar-refractivity contribution is -0.138. The largest absolute Gasteiger partial charge is 0.444 e. The fourth-order valence-corrected chi connectivity index (χ4v) is 3.84. The molecule has 2 unspecified atom stereocenters. The van der Waals surface area contributed by atoms with Gasteiger partial charge in [0.25, 0.3) is 5.91 Å². The normalized spacial score (nSPS) is 12.9. The van der Waals surface area contributed by atoms with Crippen LogP contribution in [0, 0.1) is 32.2 Å². The van der Waals surface area contributed by atoms with Gasteiger partial charge >= 0.3 is 6.09 Å². The van der Waals surface area contributed by atoms with Crippen LogP contribution in [0.4, 0.5) is 4.79 Å². The third-order valence-corrected chi connectivity index (χ3v) is 5.22. The summed E-state index contributed by atoms with van der Waals surface area (Å²) >= 11 is 0. The van der Waals surface area contributed by atoms with E-state index >= 15 is 0 Å². The maximum Gasteiger partial charge on any atom is 0.408 e. The molecule has 35 heavy (non-hydrogen) atoms. The van der Waals surface area contributed by atoms with E-state index in [-0.39, 0.29) is 11.8 Å². The van der Waals surface area contributed by atoms with Crippen molar-refractivity contribution in [2.24, 2.45) is 5.92 Å². The van der Waals surface area contributed by atoms with Gasteiger partial charge in [-0.05, 0) is 58.9 Å². The number of aryl methyl sites for hydroxylation is 2. The molecule has 2 N–H and O–H groups in total. The van der Waals surface area contributed by atoms with E-state index in [1.807, 2.05) is 45.9 Å². The Hall–Kier alpha value is -3.01. The summed E-state index contributed by atoms with van der Waals surface area (Å²) < 4.78 is 5.36. The third-order valence-electron chi connectivity index (χ3n) is 5.22. The van der Waals surface area contributed by atoms with E-state index in [1.54, 1.807) is 20.8 Å². The number of rotatable bonds is 11. The first kappa shape index (κ1) is 30.0. The number of nitrogens with one attached hydrogen (secondary N) is 2. The van der Waals surface area contributed by atoms with E-state index in [0.29, 0.717) is 18.5 Å². The van der Waals surface area contributed by atoms with Crippen LogP contribution in [-0.4, -0.2) is 41.0 Å². The van der Waals surface area contributed by atoms with E-state index in [4.69, 9.17) is 11.2 Å². The lowest BCUT2D eigenvalue weighted by atomic mass is 9.97. The quantitative estimate of drug-likeness (QED) is 0.262. The summed E-state index contributed by atoms with van der Waals surface area (Å²) in [6, 6.07) is 6.18. The highest BCUT2D eigenvalue weighted by Gasteiger charge is 2.36. The molecule has 0 heterocycles. The van der Waals surface area contributed by atoms with Gasteiger partial charge in [-0.25, -0.2) is 4.79 Å². The minimum absolute atomic E-state index is 0.0843. The first-order valence-corrected chi connectivity index (χ1v) is 12.4. The number of unbranched alkanes of at least 4 members (excludes halogenated alkanes) is 2. The molecule has 0 bridgehead atoms. The number of carbonyl (C=O) groups excluding carboxylic acids is 3. The molecule has 1 aromatic carbocycles. The molecule has 0 saturated carbocycles. The van der Waals surface area contributed by atoms with Crippen LogP contribution >= 0.6 is 0 Å². The molecule has 3 amide bonds. The summed E-state index contributed by atoms with van der Waals surface area (Å²) in [6.45, 7) is 15.6. The van der Waals surface area contributed by atoms with Gasteiger partial charge in [-0.3, -0.25) is 14.5 Å². The molecule has 1 aromatic rings. The second kappa shape index (κ2) is 13.8. The molecule has 0 aliphatic rings. The number of amides is 3. The van der Waals surface area contributed by atoms with Crippen LogP contribution in [0.25, 0.3) is 0 Å². The first-order valence-electron chi connectivity index (χ1n) is 12.4. The Bertz CT molecular complexity index is 892. The smallest absolute Gasteiger partial charge is 0.408 e. The predicted octanol–water partition coefficient (Wildman–Crippen LogP) is 5.01. The van der Waals surface area contributed by atoms with Crippen molar-refractivity contribution in [3.8, 4) is 12.5 Å². The first-order chi connectivity index (χ1) is 16.3. The maximum absolute atomic E-state index is 13.7. The fraction of sp³-hybridized carbons (Fsp3) is 0.607. The highest BCUT2D eigenvalue weighted by Crippen LogP contribution is 2.25. The Kier molecular flexibility index (Phi) is 11.8. The second-order valence-corrected chi connectivity index (χ2v) is 10.5. The monoisotopic (exact) mass is 485 g/mol. The van der Waals surface area contributed by atoms with Gasteiger partial charge in [0.05, 0.1) is 0 Å². The van der Waals surface area contributed by atoms with Crippen molar-refractivity contribution in [3.63, 3.8) is 0 Å². The van der Waals surface area contributed by atoms with Crippen molar-refractivity contribution in [2.75, 3.05) is 6.54 Å². The van der Waals surface area contributed by atoms with Gasteiger partial charge in [-0.1, -0.05) is 69.4 Å². The predicted molar refractivity (Wildman–Crippen MR) is 139 cm³/mol. The molecular weight excluding hydrogens is 442 g/mol. The zero-order valence-corrected chi connectivity index (χ0v) is 22.7. The summed E-state index contributed by atoms with van der Waals surface area (Å²) in [5, 5.41) is 5.60. The number of benzene rings is 1. The van der Waals surface area contributed by atoms with E-state index in [1.165, 1.54) is 0 Å². The number of ether oxygens (including phenoxy) is 1. The lowest BCUT2D eigenvalue weighted by Crippen LogP contribution is -2.52. The molecule has 0 spiro atoms. The number of terminal acetylenes is 1. The molecule has 0 aromatic heterocycles. The average Bonchev–Trinajstić information content (AvgIpc) is 2.71. The Morgan fingerprint density at radius 1 is 1.09 bits per heavy atom. The van der Waals surface area contributed by atoms with E-state index in [2.05, 4.69) is 23.6 Å². The van der Waals surface area contributed by atoms with Crippen LogP contribution in [0.3, 0.4) is 0 Å². The molecule has 0 aliphatic carbocycles. The molecule has 2 atom stereocenters. The van der Waals surface area contributed by atoms with Gasteiger partial charge in [0.15, 0.2) is 0 Å². The van der Waals surface area contributed by atoms with E-state index < -0.39 is 29.7 Å². The second-order valence-electron chi connectivity index (χ2n) is 10.5. The topological polar surface area (TPSA) is 87.7 Å². The van der Waals surface area contributed by atoms with E-state index in [9.17, 15) is 14.4 Å². The van der Waals surface area contributed by atoms with Gasteiger partial charge in [-0.15, -0.1) is 0 Å². The third kappa shape index (κ3) is 10.4. The summed E-state index contributed by atoms with van der Waals surface area (Å²) in [6.07, 6.45) is 8.32. The van der Waals surface area contributed by atoms with Crippen LogP contribution in [0.1, 0.15) is 90.0 Å². The average molecular weight is 486 g/mol. The van der Waals surface area contributed by atoms with Crippen LogP contribution in [0.2, 0.25) is 0 Å². The van der Waals surface area contributed by atoms with Gasteiger partial charge in [-0.2, -0.15) is 0 Å².